The smallest absolute Gasteiger partial charge is 0.255 e. The maximum absolute atomic E-state index is 13.8. The van der Waals surface area contributed by atoms with Crippen LogP contribution >= 0.6 is 12.2 Å². The predicted octanol–water partition coefficient (Wildman–Crippen LogP) is 2.99. The number of imidazole rings is 1. The fourth-order valence-electron chi connectivity index (χ4n) is 3.32. The minimum Gasteiger partial charge on any atom is -0.393 e. The molecule has 2 aromatic rings. The van der Waals surface area contributed by atoms with Crippen LogP contribution in [0.1, 0.15) is 36.0 Å². The van der Waals surface area contributed by atoms with Gasteiger partial charge in [0.05, 0.1) is 22.7 Å². The van der Waals surface area contributed by atoms with E-state index in [0.717, 1.165) is 25.7 Å². The summed E-state index contributed by atoms with van der Waals surface area (Å²) in [6, 6.07) is 2.53. The second-order valence-electron chi connectivity index (χ2n) is 6.25. The van der Waals surface area contributed by atoms with Gasteiger partial charge in [0.15, 0.2) is 4.77 Å². The van der Waals surface area contributed by atoms with Crippen LogP contribution in [0.4, 0.5) is 4.39 Å². The molecule has 3 rings (SSSR count). The molecule has 23 heavy (non-hydrogen) atoms. The van der Waals surface area contributed by atoms with Crippen LogP contribution in [0.25, 0.3) is 11.0 Å². The van der Waals surface area contributed by atoms with Crippen molar-refractivity contribution < 1.29 is 14.3 Å². The van der Waals surface area contributed by atoms with E-state index in [9.17, 15) is 14.3 Å². The normalized spacial score (nSPS) is 21.5. The molecule has 1 amide bonds. The maximum Gasteiger partial charge on any atom is 0.255 e. The Morgan fingerprint density at radius 2 is 2.13 bits per heavy atom. The lowest BCUT2D eigenvalue weighted by molar-refractivity contribution is 0.0452. The Bertz CT molecular complexity index is 785. The van der Waals surface area contributed by atoms with Gasteiger partial charge in [-0.05, 0) is 37.2 Å². The number of hydrogen-bond donors (Lipinski definition) is 3. The van der Waals surface area contributed by atoms with Gasteiger partial charge in [0.25, 0.3) is 5.91 Å². The number of nitrogens with one attached hydrogen (secondary N) is 2. The van der Waals surface area contributed by atoms with Crippen molar-refractivity contribution in [3.8, 4) is 0 Å². The van der Waals surface area contributed by atoms with Gasteiger partial charge in [-0.1, -0.05) is 12.8 Å². The summed E-state index contributed by atoms with van der Waals surface area (Å²) in [4.78, 5) is 20.0. The molecule has 2 atom stereocenters. The Morgan fingerprint density at radius 1 is 1.39 bits per heavy atom. The summed E-state index contributed by atoms with van der Waals surface area (Å²) in [5.41, 5.74) is 1.24. The maximum atomic E-state index is 13.8. The molecule has 1 aromatic heterocycles. The number of hydrogen-bond acceptors (Lipinski definition) is 3. The van der Waals surface area contributed by atoms with E-state index in [2.05, 4.69) is 9.97 Å². The summed E-state index contributed by atoms with van der Waals surface area (Å²) < 4.78 is 14.1. The van der Waals surface area contributed by atoms with E-state index in [1.165, 1.54) is 12.1 Å². The van der Waals surface area contributed by atoms with Gasteiger partial charge >= 0.3 is 0 Å². The molecule has 1 heterocycles. The molecule has 0 radical (unpaired) electrons. The lowest BCUT2D eigenvalue weighted by Gasteiger charge is -2.31. The van der Waals surface area contributed by atoms with Crippen molar-refractivity contribution in [2.45, 2.75) is 31.8 Å². The number of aliphatic hydroxyl groups excluding tert-OH is 1. The number of nitrogens with zero attached hydrogens (tertiary/aromatic N) is 1. The number of aromatic amines is 2. The monoisotopic (exact) mass is 337 g/mol. The topological polar surface area (TPSA) is 72.1 Å². The first-order chi connectivity index (χ1) is 11.0. The molecular formula is C16H20FN3O2S. The van der Waals surface area contributed by atoms with E-state index in [-0.39, 0.29) is 23.5 Å². The molecular weight excluding hydrogens is 317 g/mol. The zero-order valence-corrected chi connectivity index (χ0v) is 13.8. The molecule has 0 aliphatic heterocycles. The minimum absolute atomic E-state index is 0.0754. The first-order valence-corrected chi connectivity index (χ1v) is 8.21. The third-order valence-corrected chi connectivity index (χ3v) is 4.75. The van der Waals surface area contributed by atoms with E-state index >= 15 is 0 Å². The van der Waals surface area contributed by atoms with E-state index in [0.29, 0.717) is 22.3 Å². The molecule has 0 spiro atoms. The van der Waals surface area contributed by atoms with Gasteiger partial charge in [0.2, 0.25) is 0 Å². The molecule has 5 nitrogen and oxygen atoms in total. The molecule has 0 saturated heterocycles. The van der Waals surface area contributed by atoms with Gasteiger partial charge < -0.3 is 20.0 Å². The van der Waals surface area contributed by atoms with Crippen molar-refractivity contribution >= 4 is 29.2 Å². The summed E-state index contributed by atoms with van der Waals surface area (Å²) in [5.74, 6) is -0.693. The fourth-order valence-corrected chi connectivity index (χ4v) is 3.53. The van der Waals surface area contributed by atoms with Gasteiger partial charge in [-0.25, -0.2) is 4.39 Å². The van der Waals surface area contributed by atoms with Gasteiger partial charge in [-0.2, -0.15) is 0 Å². The van der Waals surface area contributed by atoms with Crippen LogP contribution in [-0.4, -0.2) is 45.6 Å². The first-order valence-electron chi connectivity index (χ1n) is 7.81. The second-order valence-corrected chi connectivity index (χ2v) is 6.66. The highest BCUT2D eigenvalue weighted by atomic mass is 32.1. The highest BCUT2D eigenvalue weighted by molar-refractivity contribution is 7.71. The van der Waals surface area contributed by atoms with Crippen LogP contribution in [0.15, 0.2) is 12.1 Å². The number of halogens is 1. The zero-order chi connectivity index (χ0) is 16.6. The van der Waals surface area contributed by atoms with Crippen molar-refractivity contribution in [3.63, 3.8) is 0 Å². The number of carbonyl (C=O) groups excluding carboxylic acids is 1. The SMILES string of the molecule is CN(CC1CCCCC1O)C(=O)c1cc(F)cc2[nH]c(=S)[nH]c12. The van der Waals surface area contributed by atoms with E-state index in [1.54, 1.807) is 11.9 Å². The number of aromatic nitrogens is 2. The highest BCUT2D eigenvalue weighted by Gasteiger charge is 2.27. The first kappa shape index (κ1) is 16.1. The number of fused-ring (bicyclic) bond motifs is 1. The van der Waals surface area contributed by atoms with Crippen LogP contribution in [0.5, 0.6) is 0 Å². The Kier molecular flexibility index (Phi) is 4.50. The van der Waals surface area contributed by atoms with Crippen molar-refractivity contribution in [2.75, 3.05) is 13.6 Å². The fraction of sp³-hybridized carbons (Fsp3) is 0.500. The zero-order valence-electron chi connectivity index (χ0n) is 12.9. The van der Waals surface area contributed by atoms with Crippen molar-refractivity contribution in [2.24, 2.45) is 5.92 Å². The van der Waals surface area contributed by atoms with Crippen LogP contribution in [0, 0.1) is 16.5 Å². The lowest BCUT2D eigenvalue weighted by Crippen LogP contribution is -2.38. The molecule has 1 aromatic carbocycles. The van der Waals surface area contributed by atoms with Gasteiger partial charge in [0, 0.05) is 19.5 Å². The van der Waals surface area contributed by atoms with E-state index < -0.39 is 5.82 Å². The predicted molar refractivity (Wildman–Crippen MR) is 88.4 cm³/mol. The van der Waals surface area contributed by atoms with Crippen LogP contribution in [-0.2, 0) is 0 Å². The second kappa shape index (κ2) is 6.41. The van der Waals surface area contributed by atoms with Crippen LogP contribution in [0.2, 0.25) is 0 Å². The molecule has 1 aliphatic carbocycles. The molecule has 1 fully saturated rings. The quantitative estimate of drug-likeness (QED) is 0.754. The van der Waals surface area contributed by atoms with E-state index in [4.69, 9.17) is 12.2 Å². The van der Waals surface area contributed by atoms with Crippen LogP contribution in [0.3, 0.4) is 0 Å². The number of H-pyrrole nitrogens is 2. The summed E-state index contributed by atoms with van der Waals surface area (Å²) in [5, 5.41) is 10.1. The van der Waals surface area contributed by atoms with Gasteiger partial charge in [0.1, 0.15) is 5.82 Å². The number of amides is 1. The van der Waals surface area contributed by atoms with Crippen LogP contribution < -0.4 is 0 Å². The van der Waals surface area contributed by atoms with Gasteiger partial charge in [-0.15, -0.1) is 0 Å². The molecule has 2 unspecified atom stereocenters. The molecule has 7 heteroatoms. The molecule has 124 valence electrons. The molecule has 0 bridgehead atoms. The summed E-state index contributed by atoms with van der Waals surface area (Å²) in [6.07, 6.45) is 3.41. The Morgan fingerprint density at radius 3 is 2.87 bits per heavy atom. The highest BCUT2D eigenvalue weighted by Crippen LogP contribution is 2.26. The number of aliphatic hydroxyl groups is 1. The Hall–Kier alpha value is -1.73. The summed E-state index contributed by atoms with van der Waals surface area (Å²) in [6.45, 7) is 0.461. The van der Waals surface area contributed by atoms with Crippen molar-refractivity contribution in [1.82, 2.24) is 14.9 Å². The Balaban J connectivity index is 1.86. The molecule has 1 saturated carbocycles. The summed E-state index contributed by atoms with van der Waals surface area (Å²) in [7, 11) is 1.68. The third-order valence-electron chi connectivity index (χ3n) is 4.54. The number of benzene rings is 1. The third kappa shape index (κ3) is 3.30. The van der Waals surface area contributed by atoms with Crippen molar-refractivity contribution in [1.29, 1.82) is 0 Å². The van der Waals surface area contributed by atoms with Crippen molar-refractivity contribution in [3.05, 3.63) is 28.3 Å². The number of rotatable bonds is 3. The number of carbonyl (C=O) groups is 1. The largest absolute Gasteiger partial charge is 0.393 e. The molecule has 3 N–H and O–H groups in total. The average molecular weight is 337 g/mol. The Labute approximate surface area is 138 Å². The average Bonchev–Trinajstić information content (AvgIpc) is 2.88. The summed E-state index contributed by atoms with van der Waals surface area (Å²) >= 11 is 5.02. The standard InChI is InChI=1S/C16H20FN3O2S/c1-20(8-9-4-2-3-5-13(9)21)15(22)11-6-10(17)7-12-14(11)19-16(23)18-12/h6-7,9,13,21H,2-5,8H2,1H3,(H2,18,19,23). The van der Waals surface area contributed by atoms with Gasteiger partial charge in [-0.3, -0.25) is 4.79 Å². The molecule has 1 aliphatic rings. The van der Waals surface area contributed by atoms with E-state index in [1.807, 2.05) is 0 Å². The lowest BCUT2D eigenvalue weighted by atomic mass is 9.86. The minimum atomic E-state index is -0.489.